The lowest BCUT2D eigenvalue weighted by molar-refractivity contribution is 0.218. The molecular formula is C13H19FN2S. The lowest BCUT2D eigenvalue weighted by Gasteiger charge is -2.31. The number of hydrogen-bond donors (Lipinski definition) is 1. The predicted octanol–water partition coefficient (Wildman–Crippen LogP) is 2.21. The van der Waals surface area contributed by atoms with Crippen LogP contribution in [0.2, 0.25) is 0 Å². The largest absolute Gasteiger partial charge is 0.312 e. The Labute approximate surface area is 107 Å². The van der Waals surface area contributed by atoms with Crippen molar-refractivity contribution in [3.8, 4) is 0 Å². The van der Waals surface area contributed by atoms with Crippen LogP contribution in [0.25, 0.3) is 0 Å². The van der Waals surface area contributed by atoms with Crippen LogP contribution in [0, 0.1) is 5.82 Å². The Hall–Kier alpha value is -0.580. The van der Waals surface area contributed by atoms with Gasteiger partial charge in [0.15, 0.2) is 0 Å². The van der Waals surface area contributed by atoms with Crippen molar-refractivity contribution < 1.29 is 4.39 Å². The first-order chi connectivity index (χ1) is 8.25. The Morgan fingerprint density at radius 2 is 2.29 bits per heavy atom. The molecule has 0 bridgehead atoms. The zero-order valence-corrected chi connectivity index (χ0v) is 11.0. The SMILES string of the molecule is C[C@H]1CN(CCSc2ccccc2F)CCN1. The van der Waals surface area contributed by atoms with Gasteiger partial charge in [-0.1, -0.05) is 12.1 Å². The third-order valence-corrected chi connectivity index (χ3v) is 3.98. The molecule has 2 rings (SSSR count). The Balaban J connectivity index is 1.74. The summed E-state index contributed by atoms with van der Waals surface area (Å²) in [6.07, 6.45) is 0. The van der Waals surface area contributed by atoms with Gasteiger partial charge < -0.3 is 5.32 Å². The van der Waals surface area contributed by atoms with Crippen molar-refractivity contribution in [2.45, 2.75) is 17.9 Å². The van der Waals surface area contributed by atoms with Crippen LogP contribution >= 0.6 is 11.8 Å². The molecule has 2 nitrogen and oxygen atoms in total. The van der Waals surface area contributed by atoms with Crippen molar-refractivity contribution in [2.75, 3.05) is 31.9 Å². The van der Waals surface area contributed by atoms with Gasteiger partial charge in [0.1, 0.15) is 5.82 Å². The first kappa shape index (κ1) is 12.9. The van der Waals surface area contributed by atoms with E-state index >= 15 is 0 Å². The number of rotatable bonds is 4. The second-order valence-corrected chi connectivity index (χ2v) is 5.57. The highest BCUT2D eigenvalue weighted by Crippen LogP contribution is 2.21. The van der Waals surface area contributed by atoms with Gasteiger partial charge in [-0.2, -0.15) is 0 Å². The average molecular weight is 254 g/mol. The second kappa shape index (κ2) is 6.38. The van der Waals surface area contributed by atoms with Gasteiger partial charge in [-0.15, -0.1) is 11.8 Å². The van der Waals surface area contributed by atoms with Gasteiger partial charge >= 0.3 is 0 Å². The molecule has 4 heteroatoms. The fourth-order valence-electron chi connectivity index (χ4n) is 2.06. The van der Waals surface area contributed by atoms with E-state index in [9.17, 15) is 4.39 Å². The quantitative estimate of drug-likeness (QED) is 0.829. The Morgan fingerprint density at radius 1 is 1.47 bits per heavy atom. The summed E-state index contributed by atoms with van der Waals surface area (Å²) < 4.78 is 13.4. The summed E-state index contributed by atoms with van der Waals surface area (Å²) in [6, 6.07) is 7.56. The number of nitrogens with zero attached hydrogens (tertiary/aromatic N) is 1. The molecule has 0 amide bonds. The van der Waals surface area contributed by atoms with Crippen molar-refractivity contribution in [3.05, 3.63) is 30.1 Å². The molecule has 0 spiro atoms. The molecule has 0 unspecified atom stereocenters. The molecular weight excluding hydrogens is 235 g/mol. The molecule has 0 radical (unpaired) electrons. The van der Waals surface area contributed by atoms with E-state index in [1.54, 1.807) is 17.8 Å². The molecule has 94 valence electrons. The van der Waals surface area contributed by atoms with E-state index < -0.39 is 0 Å². The molecule has 1 heterocycles. The number of halogens is 1. The molecule has 1 aromatic carbocycles. The molecule has 1 fully saturated rings. The van der Waals surface area contributed by atoms with Crippen molar-refractivity contribution in [1.29, 1.82) is 0 Å². The van der Waals surface area contributed by atoms with Gasteiger partial charge in [0.25, 0.3) is 0 Å². The third-order valence-electron chi connectivity index (χ3n) is 2.95. The van der Waals surface area contributed by atoms with Gasteiger partial charge in [0.2, 0.25) is 0 Å². The zero-order valence-electron chi connectivity index (χ0n) is 10.2. The maximum absolute atomic E-state index is 13.4. The summed E-state index contributed by atoms with van der Waals surface area (Å²) in [5.41, 5.74) is 0. The summed E-state index contributed by atoms with van der Waals surface area (Å²) in [4.78, 5) is 3.20. The fraction of sp³-hybridized carbons (Fsp3) is 0.538. The van der Waals surface area contributed by atoms with Crippen molar-refractivity contribution >= 4 is 11.8 Å². The average Bonchev–Trinajstić information content (AvgIpc) is 2.32. The summed E-state index contributed by atoms with van der Waals surface area (Å²) in [7, 11) is 0. The Morgan fingerprint density at radius 3 is 3.06 bits per heavy atom. The maximum Gasteiger partial charge on any atom is 0.136 e. The fourth-order valence-corrected chi connectivity index (χ4v) is 3.01. The Kier molecular flexibility index (Phi) is 4.83. The molecule has 1 aliphatic rings. The van der Waals surface area contributed by atoms with Gasteiger partial charge in [-0.25, -0.2) is 4.39 Å². The lowest BCUT2D eigenvalue weighted by atomic mass is 10.2. The van der Waals surface area contributed by atoms with Crippen molar-refractivity contribution in [1.82, 2.24) is 10.2 Å². The first-order valence-electron chi connectivity index (χ1n) is 6.09. The predicted molar refractivity (Wildman–Crippen MR) is 71.0 cm³/mol. The standard InChI is InChI=1S/C13H19FN2S/c1-11-10-16(7-6-15-11)8-9-17-13-5-3-2-4-12(13)14/h2-5,11,15H,6-10H2,1H3/t11-/m0/s1. The van der Waals surface area contributed by atoms with Crippen LogP contribution in [0.15, 0.2) is 29.2 Å². The molecule has 1 N–H and O–H groups in total. The van der Waals surface area contributed by atoms with E-state index in [2.05, 4.69) is 17.1 Å². The van der Waals surface area contributed by atoms with Crippen LogP contribution in [0.5, 0.6) is 0 Å². The molecule has 0 aromatic heterocycles. The molecule has 0 aliphatic carbocycles. The van der Waals surface area contributed by atoms with Crippen LogP contribution in [-0.2, 0) is 0 Å². The molecule has 1 saturated heterocycles. The normalized spacial score (nSPS) is 21.6. The lowest BCUT2D eigenvalue weighted by Crippen LogP contribution is -2.49. The summed E-state index contributed by atoms with van der Waals surface area (Å²) in [5, 5.41) is 3.42. The van der Waals surface area contributed by atoms with Crippen LogP contribution in [0.3, 0.4) is 0 Å². The minimum atomic E-state index is -0.105. The number of hydrogen-bond acceptors (Lipinski definition) is 3. The van der Waals surface area contributed by atoms with E-state index in [1.165, 1.54) is 6.07 Å². The molecule has 1 aliphatic heterocycles. The van der Waals surface area contributed by atoms with Crippen LogP contribution in [0.1, 0.15) is 6.92 Å². The van der Waals surface area contributed by atoms with Gasteiger partial charge in [0, 0.05) is 42.9 Å². The van der Waals surface area contributed by atoms with Crippen molar-refractivity contribution in [2.24, 2.45) is 0 Å². The third kappa shape index (κ3) is 3.98. The van der Waals surface area contributed by atoms with E-state index in [4.69, 9.17) is 0 Å². The molecule has 1 atom stereocenters. The summed E-state index contributed by atoms with van der Waals surface area (Å²) in [5.74, 6) is 0.847. The number of thioether (sulfide) groups is 1. The zero-order chi connectivity index (χ0) is 12.1. The van der Waals surface area contributed by atoms with E-state index in [0.29, 0.717) is 6.04 Å². The molecule has 1 aromatic rings. The Bertz CT molecular complexity index is 359. The van der Waals surface area contributed by atoms with Crippen LogP contribution < -0.4 is 5.32 Å². The van der Waals surface area contributed by atoms with E-state index in [0.717, 1.165) is 36.8 Å². The first-order valence-corrected chi connectivity index (χ1v) is 7.07. The molecule has 17 heavy (non-hydrogen) atoms. The second-order valence-electron chi connectivity index (χ2n) is 4.43. The topological polar surface area (TPSA) is 15.3 Å². The van der Waals surface area contributed by atoms with E-state index in [-0.39, 0.29) is 5.82 Å². The number of nitrogens with one attached hydrogen (secondary N) is 1. The van der Waals surface area contributed by atoms with Crippen LogP contribution in [-0.4, -0.2) is 42.9 Å². The monoisotopic (exact) mass is 254 g/mol. The number of benzene rings is 1. The van der Waals surface area contributed by atoms with Crippen molar-refractivity contribution in [3.63, 3.8) is 0 Å². The molecule has 0 saturated carbocycles. The number of piperazine rings is 1. The highest BCUT2D eigenvalue weighted by Gasteiger charge is 2.14. The highest BCUT2D eigenvalue weighted by molar-refractivity contribution is 7.99. The maximum atomic E-state index is 13.4. The van der Waals surface area contributed by atoms with Crippen LogP contribution in [0.4, 0.5) is 4.39 Å². The van der Waals surface area contributed by atoms with Gasteiger partial charge in [0.05, 0.1) is 0 Å². The smallest absolute Gasteiger partial charge is 0.136 e. The minimum absolute atomic E-state index is 0.105. The van der Waals surface area contributed by atoms with E-state index in [1.807, 2.05) is 12.1 Å². The van der Waals surface area contributed by atoms with Gasteiger partial charge in [-0.3, -0.25) is 4.90 Å². The highest BCUT2D eigenvalue weighted by atomic mass is 32.2. The van der Waals surface area contributed by atoms with Gasteiger partial charge in [-0.05, 0) is 19.1 Å². The summed E-state index contributed by atoms with van der Waals surface area (Å²) >= 11 is 1.60. The minimum Gasteiger partial charge on any atom is -0.312 e. The summed E-state index contributed by atoms with van der Waals surface area (Å²) in [6.45, 7) is 6.49.